The molecule has 0 N–H and O–H groups in total. The van der Waals surface area contributed by atoms with Crippen LogP contribution in [0, 0.1) is 12.7 Å². The van der Waals surface area contributed by atoms with Crippen molar-refractivity contribution in [2.75, 3.05) is 0 Å². The number of hydrogen-bond donors (Lipinski definition) is 0. The van der Waals surface area contributed by atoms with E-state index in [0.717, 1.165) is 6.07 Å². The van der Waals surface area contributed by atoms with E-state index in [4.69, 9.17) is 0 Å². The first kappa shape index (κ1) is 16.8. The minimum absolute atomic E-state index is 0.0427. The van der Waals surface area contributed by atoms with Gasteiger partial charge < -0.3 is 0 Å². The number of alkyl halides is 3. The first-order chi connectivity index (χ1) is 12.3. The number of hydrogen-bond acceptors (Lipinski definition) is 4. The van der Waals surface area contributed by atoms with Crippen LogP contribution in [0.1, 0.15) is 11.4 Å². The highest BCUT2D eigenvalue weighted by molar-refractivity contribution is 9.10. The number of halogens is 5. The van der Waals surface area contributed by atoms with Crippen molar-refractivity contribution in [3.8, 4) is 11.4 Å². The molecular weight excluding hydrogens is 418 g/mol. The molecule has 0 saturated heterocycles. The highest BCUT2D eigenvalue weighted by Crippen LogP contribution is 2.31. The molecule has 1 aromatic carbocycles. The van der Waals surface area contributed by atoms with Crippen LogP contribution in [0.5, 0.6) is 0 Å². The summed E-state index contributed by atoms with van der Waals surface area (Å²) in [5, 5.41) is 7.92. The van der Waals surface area contributed by atoms with Crippen molar-refractivity contribution in [2.24, 2.45) is 0 Å². The number of rotatable bonds is 1. The van der Waals surface area contributed by atoms with E-state index in [0.29, 0.717) is 10.2 Å². The Morgan fingerprint density at radius 3 is 2.50 bits per heavy atom. The second-order valence-corrected chi connectivity index (χ2v) is 6.46. The van der Waals surface area contributed by atoms with Gasteiger partial charge in [0.15, 0.2) is 17.1 Å². The van der Waals surface area contributed by atoms with E-state index < -0.39 is 17.7 Å². The molecule has 132 valence electrons. The van der Waals surface area contributed by atoms with Crippen LogP contribution in [-0.2, 0) is 6.18 Å². The topological polar surface area (TPSA) is 56.0 Å². The maximum absolute atomic E-state index is 14.3. The first-order valence-corrected chi connectivity index (χ1v) is 8.10. The van der Waals surface area contributed by atoms with Crippen molar-refractivity contribution in [3.05, 3.63) is 52.0 Å². The largest absolute Gasteiger partial charge is 0.433 e. The molecule has 0 radical (unpaired) electrons. The van der Waals surface area contributed by atoms with E-state index in [-0.39, 0.29) is 28.2 Å². The minimum Gasteiger partial charge on any atom is -0.255 e. The lowest BCUT2D eigenvalue weighted by molar-refractivity contribution is -0.141. The fraction of sp³-hybridized carbons (Fsp3) is 0.125. The molecule has 26 heavy (non-hydrogen) atoms. The maximum atomic E-state index is 14.3. The Hall–Kier alpha value is -2.62. The Balaban J connectivity index is 2.14. The van der Waals surface area contributed by atoms with Crippen molar-refractivity contribution in [3.63, 3.8) is 0 Å². The molecule has 0 aliphatic carbocycles. The van der Waals surface area contributed by atoms with Crippen molar-refractivity contribution in [1.82, 2.24) is 24.6 Å². The third kappa shape index (κ3) is 2.61. The van der Waals surface area contributed by atoms with Crippen LogP contribution in [0.3, 0.4) is 0 Å². The van der Waals surface area contributed by atoms with Crippen LogP contribution in [0.25, 0.3) is 28.2 Å². The molecule has 0 spiro atoms. The summed E-state index contributed by atoms with van der Waals surface area (Å²) < 4.78 is 55.4. The molecule has 3 aromatic heterocycles. The molecule has 0 saturated carbocycles. The Morgan fingerprint density at radius 2 is 1.77 bits per heavy atom. The van der Waals surface area contributed by atoms with Gasteiger partial charge in [-0.1, -0.05) is 15.9 Å². The summed E-state index contributed by atoms with van der Waals surface area (Å²) >= 11 is 3.25. The molecule has 5 nitrogen and oxygen atoms in total. The Labute approximate surface area is 151 Å². The van der Waals surface area contributed by atoms with Gasteiger partial charge in [-0.25, -0.2) is 14.4 Å². The fourth-order valence-electron chi connectivity index (χ4n) is 2.64. The summed E-state index contributed by atoms with van der Waals surface area (Å²) in [6, 6.07) is 6.28. The van der Waals surface area contributed by atoms with Crippen LogP contribution in [0.15, 0.2) is 34.8 Å². The van der Waals surface area contributed by atoms with Gasteiger partial charge >= 0.3 is 6.18 Å². The van der Waals surface area contributed by atoms with Crippen LogP contribution in [0.4, 0.5) is 17.6 Å². The standard InChI is InChI=1S/C16H8BrF4N5/c1-7-13-24-25-14(9-6-8(17)2-3-10(9)18)26(13)15-11(22-7)4-5-12(23-15)16(19,20)21/h2-6H,1H3. The predicted octanol–water partition coefficient (Wildman–Crippen LogP) is 4.57. The summed E-state index contributed by atoms with van der Waals surface area (Å²) in [4.78, 5) is 7.91. The number of aromatic nitrogens is 5. The predicted molar refractivity (Wildman–Crippen MR) is 88.9 cm³/mol. The second-order valence-electron chi connectivity index (χ2n) is 5.54. The molecule has 4 aromatic rings. The average molecular weight is 426 g/mol. The van der Waals surface area contributed by atoms with Gasteiger partial charge in [0.05, 0.1) is 11.3 Å². The van der Waals surface area contributed by atoms with Gasteiger partial charge in [0.1, 0.15) is 17.0 Å². The molecule has 0 aliphatic rings. The molecular formula is C16H8BrF4N5. The van der Waals surface area contributed by atoms with Gasteiger partial charge in [-0.2, -0.15) is 13.2 Å². The lowest BCUT2D eigenvalue weighted by atomic mass is 10.2. The average Bonchev–Trinajstić information content (AvgIpc) is 3.02. The van der Waals surface area contributed by atoms with Gasteiger partial charge in [0.25, 0.3) is 0 Å². The molecule has 0 amide bonds. The van der Waals surface area contributed by atoms with E-state index in [1.54, 1.807) is 6.92 Å². The quantitative estimate of drug-likeness (QED) is 0.419. The van der Waals surface area contributed by atoms with Crippen LogP contribution in [0.2, 0.25) is 0 Å². The summed E-state index contributed by atoms with van der Waals surface area (Å²) in [6.07, 6.45) is -4.62. The van der Waals surface area contributed by atoms with Crippen molar-refractivity contribution in [2.45, 2.75) is 13.1 Å². The van der Waals surface area contributed by atoms with E-state index in [1.807, 2.05) is 0 Å². The van der Waals surface area contributed by atoms with Gasteiger partial charge in [-0.05, 0) is 37.3 Å². The maximum Gasteiger partial charge on any atom is 0.433 e. The normalized spacial score (nSPS) is 12.2. The van der Waals surface area contributed by atoms with E-state index in [9.17, 15) is 17.6 Å². The highest BCUT2D eigenvalue weighted by atomic mass is 79.9. The van der Waals surface area contributed by atoms with Crippen molar-refractivity contribution < 1.29 is 17.6 Å². The number of fused-ring (bicyclic) bond motifs is 3. The number of nitrogens with zero attached hydrogens (tertiary/aromatic N) is 5. The molecule has 0 fully saturated rings. The van der Waals surface area contributed by atoms with E-state index in [1.165, 1.54) is 28.7 Å². The van der Waals surface area contributed by atoms with Gasteiger partial charge in [-0.3, -0.25) is 4.40 Å². The Bertz CT molecular complexity index is 1170. The molecule has 3 heterocycles. The van der Waals surface area contributed by atoms with Crippen LogP contribution >= 0.6 is 15.9 Å². The zero-order chi connectivity index (χ0) is 18.6. The van der Waals surface area contributed by atoms with Gasteiger partial charge in [0.2, 0.25) is 0 Å². The van der Waals surface area contributed by atoms with Gasteiger partial charge in [-0.15, -0.1) is 10.2 Å². The third-order valence-corrected chi connectivity index (χ3v) is 4.29. The van der Waals surface area contributed by atoms with Crippen molar-refractivity contribution in [1.29, 1.82) is 0 Å². The number of pyridine rings is 1. The number of benzene rings is 1. The van der Waals surface area contributed by atoms with Gasteiger partial charge in [0, 0.05) is 4.47 Å². The highest BCUT2D eigenvalue weighted by Gasteiger charge is 2.33. The summed E-state index contributed by atoms with van der Waals surface area (Å²) in [5.74, 6) is -0.543. The van der Waals surface area contributed by atoms with Crippen molar-refractivity contribution >= 4 is 32.7 Å². The smallest absolute Gasteiger partial charge is 0.255 e. The first-order valence-electron chi connectivity index (χ1n) is 7.31. The molecule has 10 heteroatoms. The zero-order valence-corrected chi connectivity index (χ0v) is 14.6. The molecule has 0 atom stereocenters. The fourth-order valence-corrected chi connectivity index (χ4v) is 3.00. The van der Waals surface area contributed by atoms with E-state index in [2.05, 4.69) is 36.1 Å². The minimum atomic E-state index is -4.62. The number of aryl methyl sites for hydroxylation is 1. The monoisotopic (exact) mass is 425 g/mol. The molecule has 4 rings (SSSR count). The van der Waals surface area contributed by atoms with Crippen LogP contribution < -0.4 is 0 Å². The third-order valence-electron chi connectivity index (χ3n) is 3.80. The summed E-state index contributed by atoms with van der Waals surface area (Å²) in [5.41, 5.74) is -0.226. The molecule has 0 aliphatic heterocycles. The summed E-state index contributed by atoms with van der Waals surface area (Å²) in [6.45, 7) is 1.64. The second kappa shape index (κ2) is 5.70. The lowest BCUT2D eigenvalue weighted by Crippen LogP contribution is -2.10. The Kier molecular flexibility index (Phi) is 3.69. The lowest BCUT2D eigenvalue weighted by Gasteiger charge is -2.10. The van der Waals surface area contributed by atoms with Crippen LogP contribution in [-0.4, -0.2) is 24.6 Å². The summed E-state index contributed by atoms with van der Waals surface area (Å²) in [7, 11) is 0. The van der Waals surface area contributed by atoms with E-state index >= 15 is 0 Å². The zero-order valence-electron chi connectivity index (χ0n) is 13.0. The Morgan fingerprint density at radius 1 is 1.00 bits per heavy atom. The SMILES string of the molecule is Cc1nc2ccc(C(F)(F)F)nc2n2c(-c3cc(Br)ccc3F)nnc12. The molecule has 0 unspecified atom stereocenters. The molecule has 0 bridgehead atoms.